The van der Waals surface area contributed by atoms with Crippen LogP contribution in [0, 0.1) is 19.8 Å². The zero-order chi connectivity index (χ0) is 12.4. The minimum absolute atomic E-state index is 0.255. The molecule has 0 aromatic heterocycles. The highest BCUT2D eigenvalue weighted by molar-refractivity contribution is 7.99. The molecule has 0 bridgehead atoms. The lowest BCUT2D eigenvalue weighted by Crippen LogP contribution is -2.12. The SMILES string of the molecule is Cc1cc(C)cc(CSC2CCC(=O)C2C)c1. The first-order valence-corrected chi connectivity index (χ1v) is 7.32. The van der Waals surface area contributed by atoms with Crippen molar-refractivity contribution in [2.75, 3.05) is 0 Å². The summed E-state index contributed by atoms with van der Waals surface area (Å²) in [7, 11) is 0. The molecule has 2 atom stereocenters. The normalized spacial score (nSPS) is 24.3. The van der Waals surface area contributed by atoms with Gasteiger partial charge in [-0.25, -0.2) is 0 Å². The average Bonchev–Trinajstić information content (AvgIpc) is 2.56. The number of ketones is 1. The number of rotatable bonds is 3. The summed E-state index contributed by atoms with van der Waals surface area (Å²) in [5, 5.41) is 0.531. The molecule has 1 saturated carbocycles. The number of carbonyl (C=O) groups is 1. The zero-order valence-electron chi connectivity index (χ0n) is 10.8. The lowest BCUT2D eigenvalue weighted by Gasteiger charge is -2.14. The van der Waals surface area contributed by atoms with Crippen LogP contribution in [0.3, 0.4) is 0 Å². The highest BCUT2D eigenvalue weighted by atomic mass is 32.2. The number of benzene rings is 1. The highest BCUT2D eigenvalue weighted by Gasteiger charge is 2.30. The van der Waals surface area contributed by atoms with E-state index >= 15 is 0 Å². The van der Waals surface area contributed by atoms with Crippen molar-refractivity contribution in [2.24, 2.45) is 5.92 Å². The Labute approximate surface area is 108 Å². The molecule has 1 aromatic rings. The summed E-state index contributed by atoms with van der Waals surface area (Å²) in [6, 6.07) is 6.71. The molecule has 1 aliphatic rings. The number of hydrogen-bond acceptors (Lipinski definition) is 2. The third-order valence-corrected chi connectivity index (χ3v) is 5.06. The van der Waals surface area contributed by atoms with Crippen molar-refractivity contribution in [3.05, 3.63) is 34.9 Å². The van der Waals surface area contributed by atoms with E-state index in [0.29, 0.717) is 11.0 Å². The maximum atomic E-state index is 11.5. The summed E-state index contributed by atoms with van der Waals surface area (Å²) in [6.45, 7) is 6.36. The number of carbonyl (C=O) groups excluding carboxylic acids is 1. The van der Waals surface area contributed by atoms with Gasteiger partial charge in [-0.15, -0.1) is 0 Å². The van der Waals surface area contributed by atoms with Crippen LogP contribution in [-0.2, 0) is 10.5 Å². The van der Waals surface area contributed by atoms with Crippen LogP contribution >= 0.6 is 11.8 Å². The van der Waals surface area contributed by atoms with Crippen molar-refractivity contribution >= 4 is 17.5 Å². The fourth-order valence-electron chi connectivity index (χ4n) is 2.55. The Bertz CT molecular complexity index is 405. The van der Waals surface area contributed by atoms with Crippen molar-refractivity contribution in [2.45, 2.75) is 44.6 Å². The van der Waals surface area contributed by atoms with Crippen LogP contribution in [0.2, 0.25) is 0 Å². The summed E-state index contributed by atoms with van der Waals surface area (Å²) in [6.07, 6.45) is 1.85. The summed E-state index contributed by atoms with van der Waals surface area (Å²) in [5.74, 6) is 1.74. The molecule has 0 amide bonds. The lowest BCUT2D eigenvalue weighted by molar-refractivity contribution is -0.120. The average molecular weight is 248 g/mol. The Balaban J connectivity index is 1.96. The van der Waals surface area contributed by atoms with Crippen molar-refractivity contribution < 1.29 is 4.79 Å². The molecule has 1 aromatic carbocycles. The summed E-state index contributed by atoms with van der Waals surface area (Å²) in [4.78, 5) is 11.5. The highest BCUT2D eigenvalue weighted by Crippen LogP contribution is 2.34. The van der Waals surface area contributed by atoms with Gasteiger partial charge in [-0.05, 0) is 25.8 Å². The first kappa shape index (κ1) is 12.7. The first-order valence-electron chi connectivity index (χ1n) is 6.28. The van der Waals surface area contributed by atoms with Crippen molar-refractivity contribution in [3.63, 3.8) is 0 Å². The number of Topliss-reactive ketones (excluding diaryl/α,β-unsaturated/α-hetero) is 1. The fraction of sp³-hybridized carbons (Fsp3) is 0.533. The molecule has 0 saturated heterocycles. The third-order valence-electron chi connectivity index (χ3n) is 3.49. The van der Waals surface area contributed by atoms with Crippen LogP contribution in [0.5, 0.6) is 0 Å². The zero-order valence-corrected chi connectivity index (χ0v) is 11.6. The number of hydrogen-bond donors (Lipinski definition) is 0. The molecular formula is C15H20OS. The van der Waals surface area contributed by atoms with Crippen molar-refractivity contribution in [1.82, 2.24) is 0 Å². The van der Waals surface area contributed by atoms with Gasteiger partial charge in [0.2, 0.25) is 0 Å². The quantitative estimate of drug-likeness (QED) is 0.807. The topological polar surface area (TPSA) is 17.1 Å². The second-order valence-electron chi connectivity index (χ2n) is 5.14. The van der Waals surface area contributed by atoms with E-state index in [4.69, 9.17) is 0 Å². The molecular weight excluding hydrogens is 228 g/mol. The molecule has 17 heavy (non-hydrogen) atoms. The van der Waals surface area contributed by atoms with Crippen LogP contribution in [0.1, 0.15) is 36.5 Å². The van der Waals surface area contributed by atoms with Crippen LogP contribution < -0.4 is 0 Å². The Morgan fingerprint density at radius 3 is 2.41 bits per heavy atom. The standard InChI is InChI=1S/C15H20OS/c1-10-6-11(2)8-13(7-10)9-17-15-5-4-14(16)12(15)3/h6-8,12,15H,4-5,9H2,1-3H3. The molecule has 1 aliphatic carbocycles. The van der Waals surface area contributed by atoms with Crippen molar-refractivity contribution in [3.8, 4) is 0 Å². The minimum atomic E-state index is 0.255. The third kappa shape index (κ3) is 3.12. The Morgan fingerprint density at radius 1 is 1.24 bits per heavy atom. The predicted molar refractivity (Wildman–Crippen MR) is 74.4 cm³/mol. The van der Waals surface area contributed by atoms with E-state index in [9.17, 15) is 4.79 Å². The van der Waals surface area contributed by atoms with E-state index < -0.39 is 0 Å². The molecule has 1 nitrogen and oxygen atoms in total. The van der Waals surface area contributed by atoms with E-state index in [-0.39, 0.29) is 5.92 Å². The maximum Gasteiger partial charge on any atom is 0.136 e. The predicted octanol–water partition coefficient (Wildman–Crippen LogP) is 3.90. The van der Waals surface area contributed by atoms with Crippen LogP contribution in [0.4, 0.5) is 0 Å². The molecule has 0 spiro atoms. The van der Waals surface area contributed by atoms with Gasteiger partial charge in [-0.3, -0.25) is 4.79 Å². The van der Waals surface area contributed by atoms with Gasteiger partial charge >= 0.3 is 0 Å². The van der Waals surface area contributed by atoms with Crippen LogP contribution in [0.15, 0.2) is 18.2 Å². The van der Waals surface area contributed by atoms with Crippen molar-refractivity contribution in [1.29, 1.82) is 0 Å². The van der Waals surface area contributed by atoms with Gasteiger partial charge in [-0.1, -0.05) is 36.2 Å². The number of thioether (sulfide) groups is 1. The van der Waals surface area contributed by atoms with E-state index in [0.717, 1.165) is 18.6 Å². The second kappa shape index (κ2) is 5.26. The van der Waals surface area contributed by atoms with Gasteiger partial charge in [0.05, 0.1) is 0 Å². The van der Waals surface area contributed by atoms with E-state index in [2.05, 4.69) is 39.0 Å². The Morgan fingerprint density at radius 2 is 1.88 bits per heavy atom. The van der Waals surface area contributed by atoms with E-state index in [1.807, 2.05) is 11.8 Å². The molecule has 0 aliphatic heterocycles. The Kier molecular flexibility index (Phi) is 3.93. The monoisotopic (exact) mass is 248 g/mol. The molecule has 0 heterocycles. The van der Waals surface area contributed by atoms with Gasteiger partial charge in [0.15, 0.2) is 0 Å². The van der Waals surface area contributed by atoms with E-state index in [1.165, 1.54) is 16.7 Å². The minimum Gasteiger partial charge on any atom is -0.299 e. The summed E-state index contributed by atoms with van der Waals surface area (Å²) < 4.78 is 0. The van der Waals surface area contributed by atoms with Gasteiger partial charge in [0, 0.05) is 23.3 Å². The molecule has 2 unspecified atom stereocenters. The van der Waals surface area contributed by atoms with E-state index in [1.54, 1.807) is 0 Å². The second-order valence-corrected chi connectivity index (χ2v) is 6.37. The number of aryl methyl sites for hydroxylation is 2. The molecule has 0 N–H and O–H groups in total. The largest absolute Gasteiger partial charge is 0.299 e. The van der Waals surface area contributed by atoms with Gasteiger partial charge in [0.1, 0.15) is 5.78 Å². The summed E-state index contributed by atoms with van der Waals surface area (Å²) >= 11 is 1.95. The Hall–Kier alpha value is -0.760. The molecule has 0 radical (unpaired) electrons. The van der Waals surface area contributed by atoms with Crippen LogP contribution in [-0.4, -0.2) is 11.0 Å². The maximum absolute atomic E-state index is 11.5. The van der Waals surface area contributed by atoms with Crippen LogP contribution in [0.25, 0.3) is 0 Å². The lowest BCUT2D eigenvalue weighted by atomic mass is 10.1. The smallest absolute Gasteiger partial charge is 0.136 e. The van der Waals surface area contributed by atoms with Gasteiger partial charge in [0.25, 0.3) is 0 Å². The molecule has 2 rings (SSSR count). The van der Waals surface area contributed by atoms with Gasteiger partial charge in [-0.2, -0.15) is 11.8 Å². The molecule has 92 valence electrons. The van der Waals surface area contributed by atoms with Gasteiger partial charge < -0.3 is 0 Å². The molecule has 2 heteroatoms. The molecule has 1 fully saturated rings. The fourth-order valence-corrected chi connectivity index (χ4v) is 3.85. The summed E-state index contributed by atoms with van der Waals surface area (Å²) in [5.41, 5.74) is 4.05. The first-order chi connectivity index (χ1) is 8.06.